The van der Waals surface area contributed by atoms with E-state index in [0.29, 0.717) is 26.2 Å². The highest BCUT2D eigenvalue weighted by molar-refractivity contribution is 5.97. The number of rotatable bonds is 2. The van der Waals surface area contributed by atoms with Gasteiger partial charge in [0.15, 0.2) is 0 Å². The summed E-state index contributed by atoms with van der Waals surface area (Å²) >= 11 is 0. The standard InChI is InChI=1S/C19H22N4O3.ClH/c24-17-11-20-7-9-23(17)14-5-3-8-22(12-14)19(26)15-10-13-4-1-2-6-16(13)21-18(15)25;/h1-2,4,6,10,14,20H,3,5,7-9,11-12H2,(H,21,25);1H. The second kappa shape index (κ2) is 8.10. The molecular formula is C19H23ClN4O3. The maximum atomic E-state index is 13.0. The number of benzene rings is 1. The van der Waals surface area contributed by atoms with Gasteiger partial charge in [-0.15, -0.1) is 12.4 Å². The number of nitrogens with zero attached hydrogens (tertiary/aromatic N) is 2. The van der Waals surface area contributed by atoms with Gasteiger partial charge in [0.25, 0.3) is 11.5 Å². The van der Waals surface area contributed by atoms with Crippen molar-refractivity contribution in [3.63, 3.8) is 0 Å². The van der Waals surface area contributed by atoms with Crippen LogP contribution in [-0.4, -0.2) is 65.4 Å². The number of carbonyl (C=O) groups excluding carboxylic acids is 2. The molecule has 2 aromatic rings. The van der Waals surface area contributed by atoms with Gasteiger partial charge in [-0.3, -0.25) is 14.4 Å². The predicted octanol–water partition coefficient (Wildman–Crippen LogP) is 0.986. The molecule has 27 heavy (non-hydrogen) atoms. The molecule has 1 unspecified atom stereocenters. The zero-order valence-corrected chi connectivity index (χ0v) is 15.8. The average molecular weight is 391 g/mol. The van der Waals surface area contributed by atoms with E-state index >= 15 is 0 Å². The minimum Gasteiger partial charge on any atom is -0.336 e. The number of likely N-dealkylation sites (tertiary alicyclic amines) is 1. The molecule has 2 fully saturated rings. The van der Waals surface area contributed by atoms with Gasteiger partial charge in [-0.2, -0.15) is 0 Å². The van der Waals surface area contributed by atoms with Crippen LogP contribution in [-0.2, 0) is 4.79 Å². The maximum absolute atomic E-state index is 13.0. The van der Waals surface area contributed by atoms with Crippen LogP contribution in [0.25, 0.3) is 10.9 Å². The van der Waals surface area contributed by atoms with E-state index in [0.717, 1.165) is 30.3 Å². The molecule has 1 atom stereocenters. The van der Waals surface area contributed by atoms with Crippen LogP contribution in [0.4, 0.5) is 0 Å². The van der Waals surface area contributed by atoms with E-state index in [-0.39, 0.29) is 41.4 Å². The van der Waals surface area contributed by atoms with E-state index in [1.54, 1.807) is 11.0 Å². The first-order valence-electron chi connectivity index (χ1n) is 9.05. The van der Waals surface area contributed by atoms with Crippen molar-refractivity contribution in [3.05, 3.63) is 46.2 Å². The summed E-state index contributed by atoms with van der Waals surface area (Å²) in [5.41, 5.74) is 0.516. The first kappa shape index (κ1) is 19.4. The summed E-state index contributed by atoms with van der Waals surface area (Å²) in [4.78, 5) is 43.9. The molecule has 3 heterocycles. The molecule has 2 aliphatic heterocycles. The zero-order valence-electron chi connectivity index (χ0n) is 14.9. The van der Waals surface area contributed by atoms with E-state index in [1.807, 2.05) is 29.2 Å². The molecule has 144 valence electrons. The van der Waals surface area contributed by atoms with Gasteiger partial charge < -0.3 is 20.1 Å². The third-order valence-corrected chi connectivity index (χ3v) is 5.23. The SMILES string of the molecule is Cl.O=C(c1cc2ccccc2[nH]c1=O)N1CCCC(N2CCNCC2=O)C1. The number of nitrogens with one attached hydrogen (secondary N) is 2. The zero-order chi connectivity index (χ0) is 18.1. The number of carbonyl (C=O) groups is 2. The number of hydrogen-bond acceptors (Lipinski definition) is 4. The smallest absolute Gasteiger partial charge is 0.261 e. The number of hydrogen-bond donors (Lipinski definition) is 2. The predicted molar refractivity (Wildman–Crippen MR) is 105 cm³/mol. The first-order chi connectivity index (χ1) is 12.6. The molecule has 2 amide bonds. The van der Waals surface area contributed by atoms with Crippen LogP contribution in [0.5, 0.6) is 0 Å². The van der Waals surface area contributed by atoms with Crippen LogP contribution in [0.1, 0.15) is 23.2 Å². The Labute approximate surface area is 163 Å². The molecule has 0 radical (unpaired) electrons. The number of piperazine rings is 1. The van der Waals surface area contributed by atoms with E-state index in [1.165, 1.54) is 0 Å². The Morgan fingerprint density at radius 3 is 2.78 bits per heavy atom. The summed E-state index contributed by atoms with van der Waals surface area (Å²) in [6, 6.07) is 9.11. The van der Waals surface area contributed by atoms with Crippen LogP contribution in [0, 0.1) is 0 Å². The van der Waals surface area contributed by atoms with Crippen molar-refractivity contribution in [2.75, 3.05) is 32.7 Å². The van der Waals surface area contributed by atoms with E-state index < -0.39 is 0 Å². The van der Waals surface area contributed by atoms with Crippen molar-refractivity contribution in [2.45, 2.75) is 18.9 Å². The highest BCUT2D eigenvalue weighted by Gasteiger charge is 2.32. The van der Waals surface area contributed by atoms with Crippen molar-refractivity contribution in [1.82, 2.24) is 20.1 Å². The largest absolute Gasteiger partial charge is 0.336 e. The average Bonchev–Trinajstić information content (AvgIpc) is 2.67. The Morgan fingerprint density at radius 1 is 1.15 bits per heavy atom. The molecule has 0 spiro atoms. The summed E-state index contributed by atoms with van der Waals surface area (Å²) < 4.78 is 0. The van der Waals surface area contributed by atoms with Gasteiger partial charge in [0, 0.05) is 37.7 Å². The second-order valence-electron chi connectivity index (χ2n) is 6.91. The maximum Gasteiger partial charge on any atom is 0.261 e. The second-order valence-corrected chi connectivity index (χ2v) is 6.91. The minimum atomic E-state index is -0.367. The lowest BCUT2D eigenvalue weighted by Crippen LogP contribution is -2.57. The number of aromatic amines is 1. The van der Waals surface area contributed by atoms with Gasteiger partial charge in [0.2, 0.25) is 5.91 Å². The quantitative estimate of drug-likeness (QED) is 0.800. The molecule has 7 nitrogen and oxygen atoms in total. The van der Waals surface area contributed by atoms with Gasteiger partial charge in [-0.25, -0.2) is 0 Å². The molecule has 4 rings (SSSR count). The lowest BCUT2D eigenvalue weighted by Gasteiger charge is -2.41. The number of para-hydroxylation sites is 1. The van der Waals surface area contributed by atoms with Gasteiger partial charge in [0.05, 0.1) is 6.54 Å². The normalized spacial score (nSPS) is 20.4. The molecule has 0 saturated carbocycles. The monoisotopic (exact) mass is 390 g/mol. The van der Waals surface area contributed by atoms with Gasteiger partial charge >= 0.3 is 0 Å². The Morgan fingerprint density at radius 2 is 1.96 bits per heavy atom. The Hall–Kier alpha value is -2.38. The van der Waals surface area contributed by atoms with Gasteiger partial charge in [-0.1, -0.05) is 18.2 Å². The minimum absolute atomic E-state index is 0. The molecule has 2 aliphatic rings. The highest BCUT2D eigenvalue weighted by Crippen LogP contribution is 2.19. The van der Waals surface area contributed by atoms with E-state index in [4.69, 9.17) is 0 Å². The van der Waals surface area contributed by atoms with Crippen molar-refractivity contribution < 1.29 is 9.59 Å². The van der Waals surface area contributed by atoms with Crippen molar-refractivity contribution in [3.8, 4) is 0 Å². The topological polar surface area (TPSA) is 85.5 Å². The summed E-state index contributed by atoms with van der Waals surface area (Å²) in [7, 11) is 0. The number of pyridine rings is 1. The summed E-state index contributed by atoms with van der Waals surface area (Å²) in [5, 5.41) is 3.91. The Kier molecular flexibility index (Phi) is 5.82. The number of piperidine rings is 1. The van der Waals surface area contributed by atoms with Gasteiger partial charge in [0.1, 0.15) is 5.56 Å². The van der Waals surface area contributed by atoms with Crippen molar-refractivity contribution in [2.24, 2.45) is 0 Å². The third-order valence-electron chi connectivity index (χ3n) is 5.23. The molecular weight excluding hydrogens is 368 g/mol. The fourth-order valence-corrected chi connectivity index (χ4v) is 3.88. The van der Waals surface area contributed by atoms with Crippen LogP contribution in [0.15, 0.2) is 35.1 Å². The number of H-pyrrole nitrogens is 1. The fourth-order valence-electron chi connectivity index (χ4n) is 3.88. The molecule has 1 aromatic heterocycles. The Balaban J connectivity index is 0.00000210. The van der Waals surface area contributed by atoms with Crippen LogP contribution < -0.4 is 10.9 Å². The Bertz CT molecular complexity index is 913. The van der Waals surface area contributed by atoms with Crippen molar-refractivity contribution in [1.29, 1.82) is 0 Å². The molecule has 2 N–H and O–H groups in total. The van der Waals surface area contributed by atoms with Crippen LogP contribution in [0.3, 0.4) is 0 Å². The number of amides is 2. The molecule has 0 bridgehead atoms. The lowest BCUT2D eigenvalue weighted by atomic mass is 10.0. The number of halogens is 1. The molecule has 1 aromatic carbocycles. The van der Waals surface area contributed by atoms with Crippen LogP contribution in [0.2, 0.25) is 0 Å². The first-order valence-corrected chi connectivity index (χ1v) is 9.05. The number of aromatic nitrogens is 1. The number of fused-ring (bicyclic) bond motifs is 1. The van der Waals surface area contributed by atoms with Crippen molar-refractivity contribution >= 4 is 35.1 Å². The molecule has 2 saturated heterocycles. The lowest BCUT2D eigenvalue weighted by molar-refractivity contribution is -0.135. The van der Waals surface area contributed by atoms with Crippen LogP contribution >= 0.6 is 12.4 Å². The highest BCUT2D eigenvalue weighted by atomic mass is 35.5. The summed E-state index contributed by atoms with van der Waals surface area (Å²) in [6.07, 6.45) is 1.72. The molecule has 0 aliphatic carbocycles. The fraction of sp³-hybridized carbons (Fsp3) is 0.421. The summed E-state index contributed by atoms with van der Waals surface area (Å²) in [6.45, 7) is 2.90. The van der Waals surface area contributed by atoms with E-state index in [9.17, 15) is 14.4 Å². The van der Waals surface area contributed by atoms with Gasteiger partial charge in [-0.05, 0) is 30.4 Å². The summed E-state index contributed by atoms with van der Waals surface area (Å²) in [5.74, 6) is -0.177. The third kappa shape index (κ3) is 3.84. The molecule has 8 heteroatoms. The van der Waals surface area contributed by atoms with E-state index in [2.05, 4.69) is 10.3 Å².